The first-order valence-corrected chi connectivity index (χ1v) is 10.6. The summed E-state index contributed by atoms with van der Waals surface area (Å²) in [4.78, 5) is 12.6. The summed E-state index contributed by atoms with van der Waals surface area (Å²) in [5, 5.41) is 9.62. The number of hydrogen-bond acceptors (Lipinski definition) is 7. The standard InChI is InChI=1S/C26H24N2O5/c1-4-17-6-8-18(9-7-17)31-16(3)26(29)32-19-10-11-20-23(13-19)33-25(28)21(14-27)24(20)22-12-5-15(2)30-22/h5-13,16,24H,4,28H2,1-3H3. The molecule has 1 aromatic heterocycles. The van der Waals surface area contributed by atoms with Crippen LogP contribution in [0.2, 0.25) is 0 Å². The van der Waals surface area contributed by atoms with E-state index in [9.17, 15) is 10.1 Å². The summed E-state index contributed by atoms with van der Waals surface area (Å²) in [5.41, 5.74) is 8.15. The Labute approximate surface area is 192 Å². The molecule has 0 saturated heterocycles. The Kier molecular flexibility index (Phi) is 6.09. The van der Waals surface area contributed by atoms with Crippen molar-refractivity contribution in [3.8, 4) is 23.3 Å². The molecule has 7 nitrogen and oxygen atoms in total. The molecule has 4 rings (SSSR count). The first-order valence-electron chi connectivity index (χ1n) is 10.6. The summed E-state index contributed by atoms with van der Waals surface area (Å²) in [6.07, 6.45) is 0.109. The Morgan fingerprint density at radius 2 is 1.88 bits per heavy atom. The molecule has 0 fully saturated rings. The molecule has 33 heavy (non-hydrogen) atoms. The van der Waals surface area contributed by atoms with Gasteiger partial charge in [0.2, 0.25) is 5.88 Å². The van der Waals surface area contributed by atoms with Crippen molar-refractivity contribution in [2.45, 2.75) is 39.2 Å². The van der Waals surface area contributed by atoms with Crippen LogP contribution < -0.4 is 19.9 Å². The molecular formula is C26H24N2O5. The van der Waals surface area contributed by atoms with E-state index >= 15 is 0 Å². The fraction of sp³-hybridized carbons (Fsp3) is 0.231. The monoisotopic (exact) mass is 444 g/mol. The number of nitrogens with zero attached hydrogens (tertiary/aromatic N) is 1. The third-order valence-corrected chi connectivity index (χ3v) is 5.43. The number of carbonyl (C=O) groups is 1. The van der Waals surface area contributed by atoms with Crippen molar-refractivity contribution >= 4 is 5.97 Å². The molecule has 2 unspecified atom stereocenters. The second-order valence-corrected chi connectivity index (χ2v) is 7.75. The topological polar surface area (TPSA) is 108 Å². The van der Waals surface area contributed by atoms with Crippen molar-refractivity contribution < 1.29 is 23.4 Å². The number of fused-ring (bicyclic) bond motifs is 1. The van der Waals surface area contributed by atoms with Gasteiger partial charge in [-0.2, -0.15) is 5.26 Å². The van der Waals surface area contributed by atoms with Crippen LogP contribution in [0.25, 0.3) is 0 Å². The van der Waals surface area contributed by atoms with Gasteiger partial charge in [0.25, 0.3) is 0 Å². The van der Waals surface area contributed by atoms with Gasteiger partial charge in [-0.1, -0.05) is 25.1 Å². The zero-order valence-electron chi connectivity index (χ0n) is 18.6. The number of allylic oxidation sites excluding steroid dienone is 1. The van der Waals surface area contributed by atoms with Gasteiger partial charge in [0.1, 0.15) is 40.4 Å². The Morgan fingerprint density at radius 1 is 1.15 bits per heavy atom. The lowest BCUT2D eigenvalue weighted by Gasteiger charge is -2.25. The number of benzene rings is 2. The van der Waals surface area contributed by atoms with Crippen LogP contribution in [0.4, 0.5) is 0 Å². The lowest BCUT2D eigenvalue weighted by Crippen LogP contribution is -2.28. The lowest BCUT2D eigenvalue weighted by atomic mass is 9.87. The summed E-state index contributed by atoms with van der Waals surface area (Å²) in [6.45, 7) is 5.52. The number of furan rings is 1. The van der Waals surface area contributed by atoms with Gasteiger partial charge in [0, 0.05) is 11.6 Å². The number of ether oxygens (including phenoxy) is 3. The summed E-state index contributed by atoms with van der Waals surface area (Å²) in [6, 6.07) is 18.3. The fourth-order valence-electron chi connectivity index (χ4n) is 3.66. The normalized spacial score (nSPS) is 15.8. The average Bonchev–Trinajstić information content (AvgIpc) is 3.24. The predicted molar refractivity (Wildman–Crippen MR) is 121 cm³/mol. The Balaban J connectivity index is 1.53. The van der Waals surface area contributed by atoms with Gasteiger partial charge in [-0.15, -0.1) is 0 Å². The van der Waals surface area contributed by atoms with Gasteiger partial charge in [-0.25, -0.2) is 4.79 Å². The van der Waals surface area contributed by atoms with Crippen molar-refractivity contribution in [3.63, 3.8) is 0 Å². The second kappa shape index (κ2) is 9.13. The van der Waals surface area contributed by atoms with Crippen LogP contribution in [0, 0.1) is 18.3 Å². The molecule has 2 aromatic carbocycles. The maximum atomic E-state index is 12.6. The van der Waals surface area contributed by atoms with Crippen molar-refractivity contribution in [1.82, 2.24) is 0 Å². The number of nitrogens with two attached hydrogens (primary N) is 1. The van der Waals surface area contributed by atoms with E-state index in [0.717, 1.165) is 12.2 Å². The third kappa shape index (κ3) is 4.55. The molecule has 1 aliphatic rings. The van der Waals surface area contributed by atoms with Gasteiger partial charge in [0.05, 0.1) is 5.92 Å². The van der Waals surface area contributed by atoms with Crippen molar-refractivity contribution in [2.24, 2.45) is 5.73 Å². The van der Waals surface area contributed by atoms with Crippen LogP contribution in [0.3, 0.4) is 0 Å². The number of nitriles is 1. The second-order valence-electron chi connectivity index (χ2n) is 7.75. The number of hydrogen-bond donors (Lipinski definition) is 1. The highest BCUT2D eigenvalue weighted by Gasteiger charge is 2.33. The molecule has 2 atom stereocenters. The van der Waals surface area contributed by atoms with Gasteiger partial charge < -0.3 is 24.4 Å². The molecule has 0 bridgehead atoms. The average molecular weight is 444 g/mol. The molecule has 1 aliphatic heterocycles. The lowest BCUT2D eigenvalue weighted by molar-refractivity contribution is -0.141. The molecule has 3 aromatic rings. The summed E-state index contributed by atoms with van der Waals surface area (Å²) in [5.74, 6) is 1.48. The number of aryl methyl sites for hydroxylation is 2. The third-order valence-electron chi connectivity index (χ3n) is 5.43. The van der Waals surface area contributed by atoms with Gasteiger partial charge >= 0.3 is 5.97 Å². The maximum absolute atomic E-state index is 12.6. The van der Waals surface area contributed by atoms with E-state index < -0.39 is 18.0 Å². The smallest absolute Gasteiger partial charge is 0.352 e. The van der Waals surface area contributed by atoms with E-state index in [4.69, 9.17) is 24.4 Å². The Morgan fingerprint density at radius 3 is 2.52 bits per heavy atom. The number of rotatable bonds is 6. The van der Waals surface area contributed by atoms with Crippen LogP contribution in [0.5, 0.6) is 17.2 Å². The molecule has 2 heterocycles. The van der Waals surface area contributed by atoms with Crippen LogP contribution >= 0.6 is 0 Å². The SMILES string of the molecule is CCc1ccc(OC(C)C(=O)Oc2ccc3c(c2)OC(N)=C(C#N)C3c2ccc(C)o2)cc1. The zero-order chi connectivity index (χ0) is 23.5. The minimum atomic E-state index is -0.816. The molecule has 0 amide bonds. The molecule has 0 aliphatic carbocycles. The highest BCUT2D eigenvalue weighted by Crippen LogP contribution is 2.43. The van der Waals surface area contributed by atoms with Crippen LogP contribution in [0.1, 0.15) is 42.4 Å². The highest BCUT2D eigenvalue weighted by molar-refractivity contribution is 5.77. The van der Waals surface area contributed by atoms with Crippen molar-refractivity contribution in [2.75, 3.05) is 0 Å². The van der Waals surface area contributed by atoms with Gasteiger partial charge in [-0.3, -0.25) is 0 Å². The molecule has 168 valence electrons. The van der Waals surface area contributed by atoms with E-state index in [1.54, 1.807) is 31.2 Å². The van der Waals surface area contributed by atoms with E-state index in [1.165, 1.54) is 5.56 Å². The molecule has 7 heteroatoms. The highest BCUT2D eigenvalue weighted by atomic mass is 16.6. The number of carbonyl (C=O) groups excluding carboxylic acids is 1. The molecule has 0 saturated carbocycles. The maximum Gasteiger partial charge on any atom is 0.352 e. The van der Waals surface area contributed by atoms with E-state index in [-0.39, 0.29) is 17.2 Å². The molecule has 2 N–H and O–H groups in total. The molecular weight excluding hydrogens is 420 g/mol. The van der Waals surface area contributed by atoms with Crippen LogP contribution in [-0.4, -0.2) is 12.1 Å². The summed E-state index contributed by atoms with van der Waals surface area (Å²) >= 11 is 0. The Bertz CT molecular complexity index is 1250. The molecule has 0 radical (unpaired) electrons. The number of esters is 1. The summed E-state index contributed by atoms with van der Waals surface area (Å²) in [7, 11) is 0. The zero-order valence-corrected chi connectivity index (χ0v) is 18.6. The first-order chi connectivity index (χ1) is 15.9. The first kappa shape index (κ1) is 22.0. The molecule has 0 spiro atoms. The minimum absolute atomic E-state index is 0.0141. The van der Waals surface area contributed by atoms with E-state index in [2.05, 4.69) is 13.0 Å². The fourth-order valence-corrected chi connectivity index (χ4v) is 3.66. The summed E-state index contributed by atoms with van der Waals surface area (Å²) < 4.78 is 22.6. The minimum Gasteiger partial charge on any atom is -0.479 e. The largest absolute Gasteiger partial charge is 0.479 e. The van der Waals surface area contributed by atoms with Crippen molar-refractivity contribution in [3.05, 3.63) is 88.7 Å². The van der Waals surface area contributed by atoms with E-state index in [0.29, 0.717) is 22.8 Å². The Hall–Kier alpha value is -4.18. The van der Waals surface area contributed by atoms with Crippen LogP contribution in [-0.2, 0) is 11.2 Å². The van der Waals surface area contributed by atoms with Crippen molar-refractivity contribution in [1.29, 1.82) is 5.26 Å². The van der Waals surface area contributed by atoms with E-state index in [1.807, 2.05) is 37.3 Å². The predicted octanol–water partition coefficient (Wildman–Crippen LogP) is 4.74. The van der Waals surface area contributed by atoms with Crippen LogP contribution in [0.15, 0.2) is 70.5 Å². The van der Waals surface area contributed by atoms with Gasteiger partial charge in [-0.05, 0) is 56.2 Å². The quantitative estimate of drug-likeness (QED) is 0.432. The van der Waals surface area contributed by atoms with Gasteiger partial charge in [0.15, 0.2) is 6.10 Å².